The Kier molecular flexibility index (Phi) is 3.20. The molecule has 0 saturated carbocycles. The predicted molar refractivity (Wildman–Crippen MR) is 59.8 cm³/mol. The summed E-state index contributed by atoms with van der Waals surface area (Å²) in [6.45, 7) is 0. The first kappa shape index (κ1) is 9.72. The van der Waals surface area contributed by atoms with Crippen molar-refractivity contribution in [2.24, 2.45) is 0 Å². The lowest BCUT2D eigenvalue weighted by Crippen LogP contribution is -1.92. The second-order valence-corrected chi connectivity index (χ2v) is 3.98. The maximum Gasteiger partial charge on any atom is 0.0504 e. The first-order valence-electron chi connectivity index (χ1n) is 5.08. The molecule has 1 aliphatic carbocycles. The quantitative estimate of drug-likeness (QED) is 0.548. The number of fused-ring (bicyclic) bond motifs is 1. The van der Waals surface area contributed by atoms with E-state index in [9.17, 15) is 0 Å². The summed E-state index contributed by atoms with van der Waals surface area (Å²) in [6.07, 6.45) is 9.62. The van der Waals surface area contributed by atoms with Gasteiger partial charge in [-0.25, -0.2) is 0 Å². The van der Waals surface area contributed by atoms with Crippen LogP contribution in [-0.2, 0) is 6.42 Å². The molecule has 2 rings (SSSR count). The van der Waals surface area contributed by atoms with Gasteiger partial charge in [0.05, 0.1) is 5.69 Å². The molecule has 1 aliphatic rings. The highest BCUT2D eigenvalue weighted by atomic mass is 35.5. The fourth-order valence-corrected chi connectivity index (χ4v) is 2.08. The van der Waals surface area contributed by atoms with Gasteiger partial charge in [0, 0.05) is 18.0 Å². The van der Waals surface area contributed by atoms with E-state index in [2.05, 4.69) is 23.2 Å². The number of pyridine rings is 1. The summed E-state index contributed by atoms with van der Waals surface area (Å²) in [5, 5.41) is 0. The number of aromatic nitrogens is 1. The molecule has 74 valence electrons. The highest BCUT2D eigenvalue weighted by molar-refractivity contribution is 6.17. The molecule has 0 saturated heterocycles. The molecular formula is C12H14ClN. The van der Waals surface area contributed by atoms with Gasteiger partial charge in [-0.2, -0.15) is 0 Å². The van der Waals surface area contributed by atoms with Gasteiger partial charge in [0.15, 0.2) is 0 Å². The molecule has 1 aromatic heterocycles. The summed E-state index contributed by atoms with van der Waals surface area (Å²) in [5.74, 6) is 1.23. The van der Waals surface area contributed by atoms with Crippen LogP contribution < -0.4 is 0 Å². The monoisotopic (exact) mass is 207 g/mol. The number of rotatable bonds is 3. The van der Waals surface area contributed by atoms with E-state index in [0.717, 1.165) is 6.42 Å². The van der Waals surface area contributed by atoms with Crippen LogP contribution in [0.3, 0.4) is 0 Å². The molecule has 1 heterocycles. The Bertz CT molecular complexity index is 333. The van der Waals surface area contributed by atoms with Gasteiger partial charge in [0.2, 0.25) is 0 Å². The van der Waals surface area contributed by atoms with Crippen molar-refractivity contribution >= 4 is 11.6 Å². The van der Waals surface area contributed by atoms with Gasteiger partial charge in [-0.05, 0) is 30.9 Å². The second-order valence-electron chi connectivity index (χ2n) is 3.60. The van der Waals surface area contributed by atoms with Gasteiger partial charge < -0.3 is 0 Å². The van der Waals surface area contributed by atoms with Crippen molar-refractivity contribution in [1.29, 1.82) is 0 Å². The van der Waals surface area contributed by atoms with E-state index < -0.39 is 0 Å². The molecule has 0 amide bonds. The lowest BCUT2D eigenvalue weighted by atomic mass is 10.1. The van der Waals surface area contributed by atoms with Crippen molar-refractivity contribution in [2.75, 3.05) is 5.88 Å². The third kappa shape index (κ3) is 1.98. The molecule has 0 aliphatic heterocycles. The van der Waals surface area contributed by atoms with Crippen molar-refractivity contribution in [1.82, 2.24) is 4.98 Å². The summed E-state index contributed by atoms with van der Waals surface area (Å²) >= 11 is 5.62. The number of alkyl halides is 1. The predicted octanol–water partition coefficient (Wildman–Crippen LogP) is 3.30. The molecule has 1 nitrogen and oxygen atoms in total. The molecule has 0 fully saturated rings. The van der Waals surface area contributed by atoms with Gasteiger partial charge in [-0.1, -0.05) is 18.2 Å². The molecule has 1 atom stereocenters. The largest absolute Gasteiger partial charge is 0.260 e. The first-order chi connectivity index (χ1) is 6.92. The number of nitrogens with zero attached hydrogens (tertiary/aromatic N) is 1. The second kappa shape index (κ2) is 4.61. The Morgan fingerprint density at radius 3 is 3.36 bits per heavy atom. The Labute approximate surface area is 89.8 Å². The van der Waals surface area contributed by atoms with E-state index in [1.165, 1.54) is 24.1 Å². The van der Waals surface area contributed by atoms with Crippen LogP contribution in [0.5, 0.6) is 0 Å². The number of aryl methyl sites for hydroxylation is 1. The Hall–Kier alpha value is -0.820. The van der Waals surface area contributed by atoms with Gasteiger partial charge in [-0.3, -0.25) is 4.98 Å². The smallest absolute Gasteiger partial charge is 0.0504 e. The highest BCUT2D eigenvalue weighted by Gasteiger charge is 2.20. The summed E-state index contributed by atoms with van der Waals surface area (Å²) in [7, 11) is 0. The average Bonchev–Trinajstić information content (AvgIpc) is 2.63. The lowest BCUT2D eigenvalue weighted by Gasteiger charge is -2.03. The van der Waals surface area contributed by atoms with E-state index in [-0.39, 0.29) is 0 Å². The van der Waals surface area contributed by atoms with E-state index >= 15 is 0 Å². The van der Waals surface area contributed by atoms with E-state index in [1.54, 1.807) is 0 Å². The summed E-state index contributed by atoms with van der Waals surface area (Å²) in [4.78, 5) is 4.44. The van der Waals surface area contributed by atoms with Gasteiger partial charge in [-0.15, -0.1) is 11.6 Å². The zero-order chi connectivity index (χ0) is 9.80. The summed E-state index contributed by atoms with van der Waals surface area (Å²) in [5.41, 5.74) is 2.67. The van der Waals surface area contributed by atoms with Crippen LogP contribution in [0.25, 0.3) is 0 Å². The molecule has 0 bridgehead atoms. The maximum atomic E-state index is 5.62. The minimum atomic E-state index is 0.523. The van der Waals surface area contributed by atoms with Gasteiger partial charge in [0.25, 0.3) is 0 Å². The molecule has 0 aromatic carbocycles. The van der Waals surface area contributed by atoms with E-state index in [1.807, 2.05) is 12.3 Å². The Balaban J connectivity index is 2.10. The number of halogens is 1. The Morgan fingerprint density at radius 1 is 1.57 bits per heavy atom. The van der Waals surface area contributed by atoms with Crippen LogP contribution in [-0.4, -0.2) is 10.9 Å². The van der Waals surface area contributed by atoms with E-state index in [0.29, 0.717) is 11.8 Å². The van der Waals surface area contributed by atoms with Crippen LogP contribution in [0, 0.1) is 0 Å². The fourth-order valence-electron chi connectivity index (χ4n) is 1.95. The normalized spacial score (nSPS) is 20.2. The first-order valence-corrected chi connectivity index (χ1v) is 5.61. The van der Waals surface area contributed by atoms with Crippen LogP contribution in [0.2, 0.25) is 0 Å². The van der Waals surface area contributed by atoms with Crippen molar-refractivity contribution in [3.63, 3.8) is 0 Å². The van der Waals surface area contributed by atoms with Crippen LogP contribution in [0.15, 0.2) is 30.5 Å². The van der Waals surface area contributed by atoms with Crippen molar-refractivity contribution in [2.45, 2.75) is 25.2 Å². The molecule has 1 unspecified atom stereocenters. The molecule has 0 radical (unpaired) electrons. The number of hydrogen-bond acceptors (Lipinski definition) is 1. The molecule has 2 heteroatoms. The number of allylic oxidation sites excluding steroid dienone is 2. The fraction of sp³-hybridized carbons (Fsp3) is 0.417. The zero-order valence-electron chi connectivity index (χ0n) is 8.12. The van der Waals surface area contributed by atoms with Gasteiger partial charge >= 0.3 is 0 Å². The molecular weight excluding hydrogens is 194 g/mol. The average molecular weight is 208 g/mol. The standard InChI is InChI=1S/C12H14ClN/c13-8-2-1-4-10-6-7-11-5-3-9-14-12(10)11/h1,3-5,9-10H,2,6-8H2. The molecule has 14 heavy (non-hydrogen) atoms. The van der Waals surface area contributed by atoms with Crippen LogP contribution in [0.4, 0.5) is 0 Å². The minimum absolute atomic E-state index is 0.523. The SMILES string of the molecule is ClCCC=CC1CCc2cccnc21. The Morgan fingerprint density at radius 2 is 2.50 bits per heavy atom. The summed E-state index contributed by atoms with van der Waals surface area (Å²) in [6, 6.07) is 4.20. The van der Waals surface area contributed by atoms with Crippen molar-refractivity contribution < 1.29 is 0 Å². The maximum absolute atomic E-state index is 5.62. The molecule has 1 aromatic rings. The molecule has 0 N–H and O–H groups in total. The van der Waals surface area contributed by atoms with Crippen molar-refractivity contribution in [3.05, 3.63) is 41.7 Å². The van der Waals surface area contributed by atoms with Gasteiger partial charge in [0.1, 0.15) is 0 Å². The lowest BCUT2D eigenvalue weighted by molar-refractivity contribution is 0.794. The zero-order valence-corrected chi connectivity index (χ0v) is 8.87. The van der Waals surface area contributed by atoms with E-state index in [4.69, 9.17) is 11.6 Å². The topological polar surface area (TPSA) is 12.9 Å². The highest BCUT2D eigenvalue weighted by Crippen LogP contribution is 2.31. The molecule has 0 spiro atoms. The summed E-state index contributed by atoms with van der Waals surface area (Å²) < 4.78 is 0. The third-order valence-corrected chi connectivity index (χ3v) is 2.86. The minimum Gasteiger partial charge on any atom is -0.260 e. The number of hydrogen-bond donors (Lipinski definition) is 0. The third-order valence-electron chi connectivity index (χ3n) is 2.65. The van der Waals surface area contributed by atoms with Crippen LogP contribution >= 0.6 is 11.6 Å². The van der Waals surface area contributed by atoms with Crippen LogP contribution in [0.1, 0.15) is 30.0 Å². The van der Waals surface area contributed by atoms with Crippen molar-refractivity contribution in [3.8, 4) is 0 Å².